The number of hydrogen-bond acceptors (Lipinski definition) is 2. The lowest BCUT2D eigenvalue weighted by Gasteiger charge is -2.22. The summed E-state index contributed by atoms with van der Waals surface area (Å²) in [6.07, 6.45) is 8.80. The van der Waals surface area contributed by atoms with Gasteiger partial charge in [0.2, 0.25) is 0 Å². The Morgan fingerprint density at radius 3 is 2.67 bits per heavy atom. The van der Waals surface area contributed by atoms with Crippen LogP contribution in [0.2, 0.25) is 0 Å². The van der Waals surface area contributed by atoms with Crippen molar-refractivity contribution in [2.75, 3.05) is 13.2 Å². The van der Waals surface area contributed by atoms with Crippen LogP contribution in [0.3, 0.4) is 0 Å². The normalized spacial score (nSPS) is 22.2. The van der Waals surface area contributed by atoms with E-state index in [0.717, 1.165) is 19.4 Å². The Balaban J connectivity index is 2.12. The SMILES string of the molecule is CC=CCOCC1(N)CCCC1. The Bertz CT molecular complexity index is 148. The second-order valence-electron chi connectivity index (χ2n) is 3.65. The molecule has 0 amide bonds. The van der Waals surface area contributed by atoms with Gasteiger partial charge in [0.05, 0.1) is 13.2 Å². The average molecular weight is 169 g/mol. The van der Waals surface area contributed by atoms with Crippen LogP contribution in [0.25, 0.3) is 0 Å². The fourth-order valence-electron chi connectivity index (χ4n) is 1.65. The molecule has 0 aromatic rings. The van der Waals surface area contributed by atoms with Crippen molar-refractivity contribution in [3.63, 3.8) is 0 Å². The first-order valence-electron chi connectivity index (χ1n) is 4.75. The van der Waals surface area contributed by atoms with Gasteiger partial charge in [-0.05, 0) is 19.8 Å². The van der Waals surface area contributed by atoms with Crippen molar-refractivity contribution in [3.05, 3.63) is 12.2 Å². The number of rotatable bonds is 4. The minimum atomic E-state index is -0.0123. The van der Waals surface area contributed by atoms with Crippen LogP contribution in [0.5, 0.6) is 0 Å². The van der Waals surface area contributed by atoms with E-state index in [1.54, 1.807) is 0 Å². The monoisotopic (exact) mass is 169 g/mol. The first kappa shape index (κ1) is 9.75. The van der Waals surface area contributed by atoms with Gasteiger partial charge in [0.1, 0.15) is 0 Å². The summed E-state index contributed by atoms with van der Waals surface area (Å²) in [5.74, 6) is 0. The summed E-state index contributed by atoms with van der Waals surface area (Å²) in [5, 5.41) is 0. The Morgan fingerprint density at radius 2 is 2.08 bits per heavy atom. The van der Waals surface area contributed by atoms with Gasteiger partial charge in [-0.25, -0.2) is 0 Å². The molecule has 0 spiro atoms. The molecule has 12 heavy (non-hydrogen) atoms. The predicted octanol–water partition coefficient (Wildman–Crippen LogP) is 1.85. The third kappa shape index (κ3) is 2.95. The van der Waals surface area contributed by atoms with Crippen molar-refractivity contribution in [2.24, 2.45) is 5.73 Å². The van der Waals surface area contributed by atoms with Crippen LogP contribution in [0, 0.1) is 0 Å². The summed E-state index contributed by atoms with van der Waals surface area (Å²) < 4.78 is 5.45. The molecule has 1 fully saturated rings. The van der Waals surface area contributed by atoms with Gasteiger partial charge in [0, 0.05) is 5.54 Å². The van der Waals surface area contributed by atoms with Gasteiger partial charge in [0.15, 0.2) is 0 Å². The molecule has 0 bridgehead atoms. The topological polar surface area (TPSA) is 35.2 Å². The maximum atomic E-state index is 6.09. The highest BCUT2D eigenvalue weighted by atomic mass is 16.5. The van der Waals surface area contributed by atoms with Crippen molar-refractivity contribution < 1.29 is 4.74 Å². The minimum Gasteiger partial charge on any atom is -0.375 e. The van der Waals surface area contributed by atoms with Gasteiger partial charge in [-0.2, -0.15) is 0 Å². The van der Waals surface area contributed by atoms with E-state index >= 15 is 0 Å². The van der Waals surface area contributed by atoms with E-state index in [0.29, 0.717) is 6.61 Å². The second-order valence-corrected chi connectivity index (χ2v) is 3.65. The average Bonchev–Trinajstić information content (AvgIpc) is 2.47. The van der Waals surface area contributed by atoms with E-state index < -0.39 is 0 Å². The summed E-state index contributed by atoms with van der Waals surface area (Å²) in [6.45, 7) is 3.42. The Kier molecular flexibility index (Phi) is 3.76. The lowest BCUT2D eigenvalue weighted by molar-refractivity contribution is 0.108. The first-order valence-corrected chi connectivity index (χ1v) is 4.75. The number of allylic oxidation sites excluding steroid dienone is 1. The number of hydrogen-bond donors (Lipinski definition) is 1. The molecule has 0 aliphatic heterocycles. The third-order valence-electron chi connectivity index (χ3n) is 2.44. The molecular weight excluding hydrogens is 150 g/mol. The van der Waals surface area contributed by atoms with Crippen LogP contribution in [-0.4, -0.2) is 18.8 Å². The van der Waals surface area contributed by atoms with Gasteiger partial charge in [-0.1, -0.05) is 25.0 Å². The van der Waals surface area contributed by atoms with Crippen molar-refractivity contribution in [1.82, 2.24) is 0 Å². The molecule has 2 heteroatoms. The molecule has 1 aliphatic rings. The minimum absolute atomic E-state index is 0.0123. The molecule has 1 saturated carbocycles. The number of nitrogens with two attached hydrogens (primary N) is 1. The maximum absolute atomic E-state index is 6.09. The standard InChI is InChI=1S/C10H19NO/c1-2-3-8-12-9-10(11)6-4-5-7-10/h2-3H,4-9,11H2,1H3. The lowest BCUT2D eigenvalue weighted by atomic mass is 10.0. The van der Waals surface area contributed by atoms with Crippen molar-refractivity contribution in [3.8, 4) is 0 Å². The van der Waals surface area contributed by atoms with Gasteiger partial charge in [-0.3, -0.25) is 0 Å². The molecule has 1 aliphatic carbocycles. The summed E-state index contributed by atoms with van der Waals surface area (Å²) in [7, 11) is 0. The largest absolute Gasteiger partial charge is 0.375 e. The zero-order valence-corrected chi connectivity index (χ0v) is 7.88. The van der Waals surface area contributed by atoms with Crippen molar-refractivity contribution in [1.29, 1.82) is 0 Å². The Labute approximate surface area is 74.8 Å². The molecule has 0 saturated heterocycles. The third-order valence-corrected chi connectivity index (χ3v) is 2.44. The molecule has 2 nitrogen and oxygen atoms in total. The highest BCUT2D eigenvalue weighted by Crippen LogP contribution is 2.27. The van der Waals surface area contributed by atoms with Crippen LogP contribution in [0.4, 0.5) is 0 Å². The molecular formula is C10H19NO. The highest BCUT2D eigenvalue weighted by molar-refractivity contribution is 4.89. The van der Waals surface area contributed by atoms with E-state index in [2.05, 4.69) is 0 Å². The van der Waals surface area contributed by atoms with Crippen LogP contribution >= 0.6 is 0 Å². The van der Waals surface area contributed by atoms with Gasteiger partial charge >= 0.3 is 0 Å². The van der Waals surface area contributed by atoms with Crippen LogP contribution < -0.4 is 5.73 Å². The molecule has 0 aromatic carbocycles. The van der Waals surface area contributed by atoms with Crippen molar-refractivity contribution in [2.45, 2.75) is 38.1 Å². The molecule has 0 heterocycles. The molecule has 0 aromatic heterocycles. The smallest absolute Gasteiger partial charge is 0.0650 e. The molecule has 2 N–H and O–H groups in total. The first-order chi connectivity index (χ1) is 5.77. The lowest BCUT2D eigenvalue weighted by Crippen LogP contribution is -2.41. The van der Waals surface area contributed by atoms with Gasteiger partial charge < -0.3 is 10.5 Å². The highest BCUT2D eigenvalue weighted by Gasteiger charge is 2.28. The summed E-state index contributed by atoms with van der Waals surface area (Å²) in [4.78, 5) is 0. The van der Waals surface area contributed by atoms with Crippen LogP contribution in [-0.2, 0) is 4.74 Å². The molecule has 0 radical (unpaired) electrons. The van der Waals surface area contributed by atoms with Crippen LogP contribution in [0.1, 0.15) is 32.6 Å². The summed E-state index contributed by atoms with van der Waals surface area (Å²) in [6, 6.07) is 0. The summed E-state index contributed by atoms with van der Waals surface area (Å²) >= 11 is 0. The second kappa shape index (κ2) is 4.63. The Morgan fingerprint density at radius 1 is 1.42 bits per heavy atom. The molecule has 0 unspecified atom stereocenters. The molecule has 0 atom stereocenters. The number of ether oxygens (including phenoxy) is 1. The quantitative estimate of drug-likeness (QED) is 0.515. The van der Waals surface area contributed by atoms with E-state index in [9.17, 15) is 0 Å². The van der Waals surface area contributed by atoms with E-state index in [1.807, 2.05) is 19.1 Å². The molecule has 70 valence electrons. The maximum Gasteiger partial charge on any atom is 0.0650 e. The van der Waals surface area contributed by atoms with E-state index in [4.69, 9.17) is 10.5 Å². The fourth-order valence-corrected chi connectivity index (χ4v) is 1.65. The fraction of sp³-hybridized carbons (Fsp3) is 0.800. The van der Waals surface area contributed by atoms with Crippen molar-refractivity contribution >= 4 is 0 Å². The predicted molar refractivity (Wildman–Crippen MR) is 51.0 cm³/mol. The van der Waals surface area contributed by atoms with Gasteiger partial charge in [0.25, 0.3) is 0 Å². The molecule has 1 rings (SSSR count). The zero-order valence-electron chi connectivity index (χ0n) is 7.88. The van der Waals surface area contributed by atoms with E-state index in [-0.39, 0.29) is 5.54 Å². The Hall–Kier alpha value is -0.340. The zero-order chi connectivity index (χ0) is 8.86. The summed E-state index contributed by atoms with van der Waals surface area (Å²) in [5.41, 5.74) is 6.08. The van der Waals surface area contributed by atoms with E-state index in [1.165, 1.54) is 12.8 Å². The van der Waals surface area contributed by atoms with Gasteiger partial charge in [-0.15, -0.1) is 0 Å². The van der Waals surface area contributed by atoms with Crippen LogP contribution in [0.15, 0.2) is 12.2 Å².